The quantitative estimate of drug-likeness (QED) is 0.259. The first-order valence-corrected chi connectivity index (χ1v) is 11.5. The van der Waals surface area contributed by atoms with Crippen molar-refractivity contribution in [3.63, 3.8) is 0 Å². The lowest BCUT2D eigenvalue weighted by molar-refractivity contribution is -0.144. The molecule has 0 saturated heterocycles. The van der Waals surface area contributed by atoms with Crippen LogP contribution in [-0.2, 0) is 27.1 Å². The van der Waals surface area contributed by atoms with Crippen LogP contribution in [0.2, 0.25) is 0 Å². The molecule has 0 amide bonds. The molecule has 0 fully saturated rings. The molecule has 0 bridgehead atoms. The second kappa shape index (κ2) is 14.5. The van der Waals surface area contributed by atoms with Gasteiger partial charge >= 0.3 is 5.97 Å². The highest BCUT2D eigenvalue weighted by Crippen LogP contribution is 2.28. The molecule has 4 unspecified atom stereocenters. The SMILES string of the molecule is COCOCCc1cc(CC(CC(N)C(O)CC(C(=O)O)C(C)C)C(C)C)ccc1OC. The van der Waals surface area contributed by atoms with Gasteiger partial charge in [-0.2, -0.15) is 0 Å². The molecule has 0 aliphatic heterocycles. The van der Waals surface area contributed by atoms with E-state index in [0.717, 1.165) is 24.2 Å². The predicted molar refractivity (Wildman–Crippen MR) is 126 cm³/mol. The van der Waals surface area contributed by atoms with Gasteiger partial charge in [-0.15, -0.1) is 0 Å². The first kappa shape index (κ1) is 28.4. The van der Waals surface area contributed by atoms with Crippen molar-refractivity contribution in [3.8, 4) is 5.75 Å². The third kappa shape index (κ3) is 9.45. The Morgan fingerprint density at radius 3 is 2.31 bits per heavy atom. The molecule has 1 aromatic carbocycles. The van der Waals surface area contributed by atoms with E-state index in [2.05, 4.69) is 26.0 Å². The summed E-state index contributed by atoms with van der Waals surface area (Å²) in [6.07, 6.45) is 1.50. The topological polar surface area (TPSA) is 111 Å². The Morgan fingerprint density at radius 1 is 1.09 bits per heavy atom. The highest BCUT2D eigenvalue weighted by molar-refractivity contribution is 5.70. The van der Waals surface area contributed by atoms with Gasteiger partial charge in [0.1, 0.15) is 12.5 Å². The van der Waals surface area contributed by atoms with Crippen molar-refractivity contribution >= 4 is 5.97 Å². The number of hydrogen-bond donors (Lipinski definition) is 3. The van der Waals surface area contributed by atoms with E-state index < -0.39 is 24.0 Å². The molecule has 0 aliphatic carbocycles. The van der Waals surface area contributed by atoms with E-state index in [0.29, 0.717) is 18.9 Å². The Morgan fingerprint density at radius 2 is 1.78 bits per heavy atom. The lowest BCUT2D eigenvalue weighted by atomic mass is 9.81. The Labute approximate surface area is 193 Å². The number of aliphatic carboxylic acids is 1. The summed E-state index contributed by atoms with van der Waals surface area (Å²) >= 11 is 0. The molecule has 0 aliphatic rings. The van der Waals surface area contributed by atoms with Crippen LogP contribution in [0.4, 0.5) is 0 Å². The maximum absolute atomic E-state index is 11.5. The van der Waals surface area contributed by atoms with E-state index in [1.807, 2.05) is 19.9 Å². The molecule has 1 aromatic rings. The van der Waals surface area contributed by atoms with Gasteiger partial charge in [-0.05, 0) is 60.6 Å². The molecule has 0 heterocycles. The van der Waals surface area contributed by atoms with E-state index in [4.69, 9.17) is 19.9 Å². The van der Waals surface area contributed by atoms with E-state index >= 15 is 0 Å². The van der Waals surface area contributed by atoms with Crippen LogP contribution >= 0.6 is 0 Å². The lowest BCUT2D eigenvalue weighted by Gasteiger charge is -2.29. The van der Waals surface area contributed by atoms with E-state index in [1.165, 1.54) is 5.56 Å². The van der Waals surface area contributed by atoms with Gasteiger partial charge in [0, 0.05) is 13.2 Å². The second-order valence-electron chi connectivity index (χ2n) is 9.31. The molecular formula is C25H43NO6. The van der Waals surface area contributed by atoms with Gasteiger partial charge in [-0.25, -0.2) is 0 Å². The molecule has 1 rings (SSSR count). The Bertz CT molecular complexity index is 678. The molecule has 0 aromatic heterocycles. The highest BCUT2D eigenvalue weighted by atomic mass is 16.7. The average Bonchev–Trinajstić information content (AvgIpc) is 2.73. The van der Waals surface area contributed by atoms with Crippen molar-refractivity contribution in [2.45, 2.75) is 65.5 Å². The zero-order chi connectivity index (χ0) is 24.3. The Kier molecular flexibility index (Phi) is 12.8. The first-order valence-electron chi connectivity index (χ1n) is 11.5. The standard InChI is InChI=1S/C25H43NO6/c1-16(2)20(13-22(26)23(27)14-21(17(3)4)25(28)29)12-18-7-8-24(31-6)19(11-18)9-10-32-15-30-5/h7-8,11,16-17,20-23,27H,9-10,12-15,26H2,1-6H3,(H,28,29). The minimum absolute atomic E-state index is 0.0548. The Hall–Kier alpha value is -1.67. The minimum atomic E-state index is -0.882. The summed E-state index contributed by atoms with van der Waals surface area (Å²) in [5.74, 6) is -0.0840. The van der Waals surface area contributed by atoms with Crippen LogP contribution in [0, 0.1) is 23.7 Å². The van der Waals surface area contributed by atoms with Gasteiger partial charge < -0.3 is 30.2 Å². The third-order valence-electron chi connectivity index (χ3n) is 6.19. The maximum atomic E-state index is 11.5. The van der Waals surface area contributed by atoms with Crippen molar-refractivity contribution in [1.82, 2.24) is 0 Å². The van der Waals surface area contributed by atoms with Crippen LogP contribution in [-0.4, -0.2) is 55.9 Å². The van der Waals surface area contributed by atoms with E-state index in [1.54, 1.807) is 14.2 Å². The molecule has 184 valence electrons. The molecule has 7 nitrogen and oxygen atoms in total. The number of nitrogens with two attached hydrogens (primary N) is 1. The number of methoxy groups -OCH3 is 2. The fourth-order valence-electron chi connectivity index (χ4n) is 3.97. The van der Waals surface area contributed by atoms with Crippen LogP contribution < -0.4 is 10.5 Å². The van der Waals surface area contributed by atoms with Crippen molar-refractivity contribution in [3.05, 3.63) is 29.3 Å². The summed E-state index contributed by atoms with van der Waals surface area (Å²) < 4.78 is 15.8. The zero-order valence-electron chi connectivity index (χ0n) is 20.5. The number of carboxylic acids is 1. The summed E-state index contributed by atoms with van der Waals surface area (Å²) in [6, 6.07) is 5.72. The Balaban J connectivity index is 2.84. The van der Waals surface area contributed by atoms with Crippen LogP contribution in [0.1, 0.15) is 51.7 Å². The molecule has 4 atom stereocenters. The monoisotopic (exact) mass is 453 g/mol. The number of aliphatic hydroxyl groups is 1. The molecule has 7 heteroatoms. The summed E-state index contributed by atoms with van der Waals surface area (Å²) in [5, 5.41) is 20.0. The molecule has 0 saturated carbocycles. The number of benzene rings is 1. The normalized spacial score (nSPS) is 15.6. The van der Waals surface area contributed by atoms with Crippen molar-refractivity contribution in [2.24, 2.45) is 29.4 Å². The average molecular weight is 454 g/mol. The maximum Gasteiger partial charge on any atom is 0.306 e. The smallest absolute Gasteiger partial charge is 0.306 e. The molecule has 32 heavy (non-hydrogen) atoms. The van der Waals surface area contributed by atoms with Crippen molar-refractivity contribution < 1.29 is 29.2 Å². The van der Waals surface area contributed by atoms with Crippen molar-refractivity contribution in [1.29, 1.82) is 0 Å². The summed E-state index contributed by atoms with van der Waals surface area (Å²) in [4.78, 5) is 11.5. The lowest BCUT2D eigenvalue weighted by Crippen LogP contribution is -2.40. The number of ether oxygens (including phenoxy) is 3. The fourth-order valence-corrected chi connectivity index (χ4v) is 3.97. The van der Waals surface area contributed by atoms with E-state index in [9.17, 15) is 15.0 Å². The van der Waals surface area contributed by atoms with E-state index in [-0.39, 0.29) is 25.0 Å². The highest BCUT2D eigenvalue weighted by Gasteiger charge is 2.29. The number of aliphatic hydroxyl groups excluding tert-OH is 1. The minimum Gasteiger partial charge on any atom is -0.496 e. The van der Waals surface area contributed by atoms with Crippen LogP contribution in [0.25, 0.3) is 0 Å². The largest absolute Gasteiger partial charge is 0.496 e. The van der Waals surface area contributed by atoms with Gasteiger partial charge in [-0.1, -0.05) is 39.8 Å². The molecule has 0 spiro atoms. The van der Waals surface area contributed by atoms with Crippen LogP contribution in [0.3, 0.4) is 0 Å². The van der Waals surface area contributed by atoms with Crippen molar-refractivity contribution in [2.75, 3.05) is 27.6 Å². The number of rotatable bonds is 16. The summed E-state index contributed by atoms with van der Waals surface area (Å²) in [7, 11) is 3.26. The first-order chi connectivity index (χ1) is 15.1. The van der Waals surface area contributed by atoms with Gasteiger partial charge in [0.25, 0.3) is 0 Å². The summed E-state index contributed by atoms with van der Waals surface area (Å²) in [5.41, 5.74) is 8.59. The predicted octanol–water partition coefficient (Wildman–Crippen LogP) is 3.50. The third-order valence-corrected chi connectivity index (χ3v) is 6.19. The number of carbonyl (C=O) groups is 1. The molecule has 0 radical (unpaired) electrons. The number of carboxylic acid groups (broad SMARTS) is 1. The van der Waals surface area contributed by atoms with Gasteiger partial charge in [0.2, 0.25) is 0 Å². The van der Waals surface area contributed by atoms with Crippen LogP contribution in [0.15, 0.2) is 18.2 Å². The molecule has 4 N–H and O–H groups in total. The van der Waals surface area contributed by atoms with Gasteiger partial charge in [0.15, 0.2) is 0 Å². The fraction of sp³-hybridized carbons (Fsp3) is 0.720. The summed E-state index contributed by atoms with van der Waals surface area (Å²) in [6.45, 7) is 8.82. The number of hydrogen-bond acceptors (Lipinski definition) is 6. The zero-order valence-corrected chi connectivity index (χ0v) is 20.5. The van der Waals surface area contributed by atoms with Crippen LogP contribution in [0.5, 0.6) is 5.75 Å². The van der Waals surface area contributed by atoms with Gasteiger partial charge in [-0.3, -0.25) is 4.79 Å². The second-order valence-corrected chi connectivity index (χ2v) is 9.31. The molecular weight excluding hydrogens is 410 g/mol. The van der Waals surface area contributed by atoms with Gasteiger partial charge in [0.05, 0.1) is 25.7 Å².